The van der Waals surface area contributed by atoms with E-state index in [0.717, 1.165) is 22.0 Å². The Hall–Kier alpha value is -3.31. The number of carbonyl (C=O) groups excluding carboxylic acids is 1. The Labute approximate surface area is 173 Å². The van der Waals surface area contributed by atoms with Gasteiger partial charge in [0.2, 0.25) is 0 Å². The van der Waals surface area contributed by atoms with Gasteiger partial charge in [0, 0.05) is 5.39 Å². The van der Waals surface area contributed by atoms with Crippen molar-refractivity contribution in [3.8, 4) is 0 Å². The highest BCUT2D eigenvalue weighted by Crippen LogP contribution is 2.41. The Bertz CT molecular complexity index is 1160. The van der Waals surface area contributed by atoms with Crippen LogP contribution in [0.25, 0.3) is 16.8 Å². The van der Waals surface area contributed by atoms with Crippen molar-refractivity contribution in [3.05, 3.63) is 94.6 Å². The zero-order valence-electron chi connectivity index (χ0n) is 15.8. The van der Waals surface area contributed by atoms with E-state index in [9.17, 15) is 9.90 Å². The van der Waals surface area contributed by atoms with E-state index >= 15 is 0 Å². The van der Waals surface area contributed by atoms with Crippen molar-refractivity contribution in [3.63, 3.8) is 0 Å². The summed E-state index contributed by atoms with van der Waals surface area (Å²) in [5, 5.41) is 13.2. The summed E-state index contributed by atoms with van der Waals surface area (Å²) in [7, 11) is 0. The van der Waals surface area contributed by atoms with E-state index in [1.54, 1.807) is 6.92 Å². The van der Waals surface area contributed by atoms with Gasteiger partial charge in [-0.2, -0.15) is 0 Å². The second-order valence-electron chi connectivity index (χ2n) is 6.38. The van der Waals surface area contributed by atoms with Crippen molar-refractivity contribution in [2.45, 2.75) is 6.92 Å². The van der Waals surface area contributed by atoms with Crippen molar-refractivity contribution in [1.82, 2.24) is 0 Å². The van der Waals surface area contributed by atoms with Crippen LogP contribution in [0.15, 0.2) is 94.0 Å². The largest absolute Gasteiger partial charge is 0.506 e. The standard InChI is InChI=1S/C24H19NO3S/c1-2-28-24(27)21-22(26)20(15-16-9-4-3-5-10-16)29-23(21)25-19-14-8-12-17-11-6-7-13-18(17)19/h3-15,26H,2H2,1H3/b20-15+,25-23?. The molecular weight excluding hydrogens is 382 g/mol. The summed E-state index contributed by atoms with van der Waals surface area (Å²) >= 11 is 1.27. The topological polar surface area (TPSA) is 58.9 Å². The number of rotatable bonds is 4. The Morgan fingerprint density at radius 1 is 1.03 bits per heavy atom. The molecule has 0 spiro atoms. The fourth-order valence-corrected chi connectivity index (χ4v) is 4.14. The maximum absolute atomic E-state index is 12.6. The molecule has 0 aromatic heterocycles. The molecule has 4 rings (SSSR count). The molecule has 0 aliphatic carbocycles. The first-order valence-electron chi connectivity index (χ1n) is 9.29. The van der Waals surface area contributed by atoms with Crippen LogP contribution in [0.2, 0.25) is 0 Å². The summed E-state index contributed by atoms with van der Waals surface area (Å²) in [6.07, 6.45) is 1.84. The van der Waals surface area contributed by atoms with Crippen LogP contribution < -0.4 is 0 Å². The summed E-state index contributed by atoms with van der Waals surface area (Å²) in [6.45, 7) is 1.96. The molecule has 1 aliphatic heterocycles. The predicted molar refractivity (Wildman–Crippen MR) is 119 cm³/mol. The van der Waals surface area contributed by atoms with Crippen LogP contribution in [0.3, 0.4) is 0 Å². The van der Waals surface area contributed by atoms with Gasteiger partial charge in [-0.25, -0.2) is 9.79 Å². The highest BCUT2D eigenvalue weighted by atomic mass is 32.2. The van der Waals surface area contributed by atoms with Gasteiger partial charge in [-0.3, -0.25) is 0 Å². The Morgan fingerprint density at radius 3 is 2.55 bits per heavy atom. The van der Waals surface area contributed by atoms with Crippen LogP contribution in [-0.4, -0.2) is 22.7 Å². The number of aliphatic hydroxyl groups excluding tert-OH is 1. The van der Waals surface area contributed by atoms with E-state index in [4.69, 9.17) is 9.73 Å². The molecule has 5 heteroatoms. The lowest BCUT2D eigenvalue weighted by molar-refractivity contribution is -0.138. The summed E-state index contributed by atoms with van der Waals surface area (Å²) < 4.78 is 5.17. The summed E-state index contributed by atoms with van der Waals surface area (Å²) in [6, 6.07) is 23.4. The molecule has 0 saturated carbocycles. The van der Waals surface area contributed by atoms with Crippen LogP contribution >= 0.6 is 11.8 Å². The molecule has 1 aliphatic rings. The zero-order chi connectivity index (χ0) is 20.2. The first-order chi connectivity index (χ1) is 14.2. The maximum atomic E-state index is 12.6. The molecule has 1 heterocycles. The van der Waals surface area contributed by atoms with Crippen molar-refractivity contribution in [1.29, 1.82) is 0 Å². The van der Waals surface area contributed by atoms with Gasteiger partial charge in [0.25, 0.3) is 0 Å². The molecule has 0 bridgehead atoms. The molecule has 0 unspecified atom stereocenters. The number of hydrogen-bond acceptors (Lipinski definition) is 5. The molecule has 0 saturated heterocycles. The fraction of sp³-hybridized carbons (Fsp3) is 0.0833. The van der Waals surface area contributed by atoms with Gasteiger partial charge in [0.05, 0.1) is 17.2 Å². The van der Waals surface area contributed by atoms with Gasteiger partial charge < -0.3 is 9.84 Å². The third-order valence-electron chi connectivity index (χ3n) is 4.46. The minimum absolute atomic E-state index is 0.101. The monoisotopic (exact) mass is 401 g/mol. The van der Waals surface area contributed by atoms with Crippen LogP contribution in [0.1, 0.15) is 12.5 Å². The Morgan fingerprint density at radius 2 is 1.76 bits per heavy atom. The molecule has 0 atom stereocenters. The summed E-state index contributed by atoms with van der Waals surface area (Å²) in [5.41, 5.74) is 1.77. The number of ether oxygens (including phenoxy) is 1. The first-order valence-corrected chi connectivity index (χ1v) is 10.1. The molecule has 4 nitrogen and oxygen atoms in total. The van der Waals surface area contributed by atoms with E-state index in [1.165, 1.54) is 11.8 Å². The van der Waals surface area contributed by atoms with Crippen LogP contribution in [-0.2, 0) is 9.53 Å². The highest BCUT2D eigenvalue weighted by molar-refractivity contribution is 8.18. The molecule has 1 N–H and O–H groups in total. The van der Waals surface area contributed by atoms with Gasteiger partial charge in [-0.1, -0.05) is 78.5 Å². The summed E-state index contributed by atoms with van der Waals surface area (Å²) in [5.74, 6) is -0.677. The number of aliphatic hydroxyl groups is 1. The second kappa shape index (κ2) is 8.37. The predicted octanol–water partition coefficient (Wildman–Crippen LogP) is 6.03. The zero-order valence-corrected chi connectivity index (χ0v) is 16.6. The fourth-order valence-electron chi connectivity index (χ4n) is 3.11. The van der Waals surface area contributed by atoms with Crippen molar-refractivity contribution < 1.29 is 14.6 Å². The van der Waals surface area contributed by atoms with E-state index in [1.807, 2.05) is 78.9 Å². The molecule has 0 radical (unpaired) electrons. The maximum Gasteiger partial charge on any atom is 0.344 e. The number of esters is 1. The molecule has 29 heavy (non-hydrogen) atoms. The van der Waals surface area contributed by atoms with Crippen molar-refractivity contribution in [2.75, 3.05) is 6.61 Å². The SMILES string of the molecule is CCOC(=O)C1=C(O)/C(=C\c2ccccc2)SC1=Nc1cccc2ccccc12. The second-order valence-corrected chi connectivity index (χ2v) is 7.41. The highest BCUT2D eigenvalue weighted by Gasteiger charge is 2.33. The van der Waals surface area contributed by atoms with Crippen LogP contribution in [0.4, 0.5) is 5.69 Å². The molecule has 3 aromatic rings. The number of carbonyl (C=O) groups is 1. The molecule has 3 aromatic carbocycles. The first kappa shape index (κ1) is 19.0. The lowest BCUT2D eigenvalue weighted by Gasteiger charge is -2.05. The number of thioether (sulfide) groups is 1. The normalized spacial score (nSPS) is 16.7. The van der Waals surface area contributed by atoms with Crippen LogP contribution in [0.5, 0.6) is 0 Å². The third kappa shape index (κ3) is 3.96. The number of nitrogens with zero attached hydrogens (tertiary/aromatic N) is 1. The average molecular weight is 401 g/mol. The van der Waals surface area contributed by atoms with E-state index in [0.29, 0.717) is 9.95 Å². The molecule has 0 fully saturated rings. The number of hydrogen-bond donors (Lipinski definition) is 1. The number of aliphatic imine (C=N–C) groups is 1. The quantitative estimate of drug-likeness (QED) is 0.542. The molecular formula is C24H19NO3S. The van der Waals surface area contributed by atoms with Crippen molar-refractivity contribution in [2.24, 2.45) is 4.99 Å². The lowest BCUT2D eigenvalue weighted by atomic mass is 10.1. The third-order valence-corrected chi connectivity index (χ3v) is 5.48. The molecule has 0 amide bonds. The van der Waals surface area contributed by atoms with E-state index < -0.39 is 5.97 Å². The van der Waals surface area contributed by atoms with E-state index in [2.05, 4.69) is 0 Å². The van der Waals surface area contributed by atoms with Crippen LogP contribution in [0, 0.1) is 0 Å². The van der Waals surface area contributed by atoms with Gasteiger partial charge in [-0.15, -0.1) is 0 Å². The van der Waals surface area contributed by atoms with E-state index in [-0.39, 0.29) is 17.9 Å². The lowest BCUT2D eigenvalue weighted by Crippen LogP contribution is -2.12. The number of benzene rings is 3. The molecule has 144 valence electrons. The van der Waals surface area contributed by atoms with Gasteiger partial charge in [-0.05, 0) is 30.0 Å². The minimum atomic E-state index is -0.576. The minimum Gasteiger partial charge on any atom is -0.506 e. The summed E-state index contributed by atoms with van der Waals surface area (Å²) in [4.78, 5) is 17.9. The Kier molecular flexibility index (Phi) is 5.49. The smallest absolute Gasteiger partial charge is 0.344 e. The average Bonchev–Trinajstić information content (AvgIpc) is 3.04. The van der Waals surface area contributed by atoms with Crippen molar-refractivity contribution >= 4 is 45.3 Å². The van der Waals surface area contributed by atoms with Gasteiger partial charge >= 0.3 is 5.97 Å². The Balaban J connectivity index is 1.82. The number of fused-ring (bicyclic) bond motifs is 1. The van der Waals surface area contributed by atoms with Gasteiger partial charge in [0.15, 0.2) is 0 Å². The van der Waals surface area contributed by atoms with Gasteiger partial charge in [0.1, 0.15) is 16.4 Å².